The van der Waals surface area contributed by atoms with E-state index in [2.05, 4.69) is 22.0 Å². The molecule has 2 aromatic carbocycles. The highest BCUT2D eigenvalue weighted by Crippen LogP contribution is 2.34. The Morgan fingerprint density at radius 2 is 1.81 bits per heavy atom. The van der Waals surface area contributed by atoms with E-state index < -0.39 is 0 Å². The fourth-order valence-corrected chi connectivity index (χ4v) is 5.77. The van der Waals surface area contributed by atoms with Gasteiger partial charge in [0.2, 0.25) is 5.91 Å². The number of nitrogens with zero attached hydrogens (tertiary/aromatic N) is 3. The molecule has 3 amide bonds. The van der Waals surface area contributed by atoms with Crippen molar-refractivity contribution in [2.45, 2.75) is 25.2 Å². The predicted molar refractivity (Wildman–Crippen MR) is 122 cm³/mol. The number of amides is 3. The van der Waals surface area contributed by atoms with Crippen LogP contribution in [0.2, 0.25) is 0 Å². The van der Waals surface area contributed by atoms with E-state index in [1.165, 1.54) is 9.60 Å². The van der Waals surface area contributed by atoms with Crippen LogP contribution in [-0.2, 0) is 4.79 Å². The molecule has 31 heavy (non-hydrogen) atoms. The van der Waals surface area contributed by atoms with Crippen molar-refractivity contribution in [3.63, 3.8) is 0 Å². The van der Waals surface area contributed by atoms with Crippen molar-refractivity contribution in [1.82, 2.24) is 14.8 Å². The lowest BCUT2D eigenvalue weighted by Crippen LogP contribution is -2.40. The molecular weight excluding hydrogens is 478 g/mol. The molecule has 3 aromatic rings. The number of piperidine rings is 1. The zero-order valence-corrected chi connectivity index (χ0v) is 19.1. The number of para-hydroxylation sites is 1. The van der Waals surface area contributed by atoms with Crippen LogP contribution < -0.4 is 0 Å². The summed E-state index contributed by atoms with van der Waals surface area (Å²) < 4.78 is 1.95. The lowest BCUT2D eigenvalue weighted by atomic mass is 9.97. The summed E-state index contributed by atoms with van der Waals surface area (Å²) in [6, 6.07) is 13.2. The van der Waals surface area contributed by atoms with Crippen LogP contribution in [0, 0.1) is 0 Å². The van der Waals surface area contributed by atoms with E-state index in [0.29, 0.717) is 30.1 Å². The summed E-state index contributed by atoms with van der Waals surface area (Å²) in [4.78, 5) is 45.6. The van der Waals surface area contributed by atoms with Gasteiger partial charge >= 0.3 is 0 Å². The molecule has 1 aromatic heterocycles. The fraction of sp³-hybridized carbons (Fsp3) is 0.304. The standard InChI is InChI=1S/C23H20BrN3O3S/c24-15-5-6-16-17(13-15)23(30)27(22(16)29)12-9-20(28)26-10-7-14(8-11-26)21-25-18-3-1-2-4-19(18)31-21/h1-6,13-14H,7-12H2. The molecule has 158 valence electrons. The number of imide groups is 1. The third kappa shape index (κ3) is 3.78. The molecule has 2 aliphatic heterocycles. The van der Waals surface area contributed by atoms with Crippen LogP contribution in [-0.4, -0.2) is 52.1 Å². The number of benzene rings is 2. The minimum absolute atomic E-state index is 0.0134. The van der Waals surface area contributed by atoms with Gasteiger partial charge in [0.1, 0.15) is 0 Å². The first-order chi connectivity index (χ1) is 15.0. The molecule has 0 aliphatic carbocycles. The van der Waals surface area contributed by atoms with Gasteiger partial charge in [-0.05, 0) is 43.2 Å². The Balaban J connectivity index is 1.17. The van der Waals surface area contributed by atoms with Gasteiger partial charge in [0.25, 0.3) is 11.8 Å². The van der Waals surface area contributed by atoms with Gasteiger partial charge in [-0.3, -0.25) is 19.3 Å². The summed E-state index contributed by atoms with van der Waals surface area (Å²) >= 11 is 5.07. The highest BCUT2D eigenvalue weighted by molar-refractivity contribution is 9.10. The number of hydrogen-bond acceptors (Lipinski definition) is 5. The minimum atomic E-state index is -0.330. The summed E-state index contributed by atoms with van der Waals surface area (Å²) in [5.74, 6) is -0.296. The van der Waals surface area contributed by atoms with E-state index >= 15 is 0 Å². The minimum Gasteiger partial charge on any atom is -0.343 e. The number of halogens is 1. The molecule has 6 nitrogen and oxygen atoms in total. The van der Waals surface area contributed by atoms with Crippen molar-refractivity contribution in [3.8, 4) is 0 Å². The first-order valence-corrected chi connectivity index (χ1v) is 11.9. The molecule has 5 rings (SSSR count). The summed E-state index contributed by atoms with van der Waals surface area (Å²) in [6.45, 7) is 1.46. The molecule has 0 atom stereocenters. The number of carbonyl (C=O) groups is 3. The third-order valence-electron chi connectivity index (χ3n) is 5.99. The van der Waals surface area contributed by atoms with Crippen molar-refractivity contribution in [2.75, 3.05) is 19.6 Å². The van der Waals surface area contributed by atoms with Crippen LogP contribution in [0.25, 0.3) is 10.2 Å². The lowest BCUT2D eigenvalue weighted by molar-refractivity contribution is -0.132. The monoisotopic (exact) mass is 497 g/mol. The molecule has 1 fully saturated rings. The summed E-state index contributed by atoms with van der Waals surface area (Å²) in [7, 11) is 0. The van der Waals surface area contributed by atoms with E-state index in [-0.39, 0.29) is 30.7 Å². The van der Waals surface area contributed by atoms with E-state index in [1.807, 2.05) is 23.1 Å². The number of hydrogen-bond donors (Lipinski definition) is 0. The van der Waals surface area contributed by atoms with E-state index in [0.717, 1.165) is 27.8 Å². The first-order valence-electron chi connectivity index (χ1n) is 10.3. The Kier molecular flexibility index (Phi) is 5.35. The number of thiazole rings is 1. The van der Waals surface area contributed by atoms with Crippen LogP contribution in [0.1, 0.15) is 50.9 Å². The highest BCUT2D eigenvalue weighted by Gasteiger charge is 2.36. The Bertz CT molecular complexity index is 1170. The Morgan fingerprint density at radius 3 is 2.58 bits per heavy atom. The molecule has 1 saturated heterocycles. The maximum atomic E-state index is 12.7. The quantitative estimate of drug-likeness (QED) is 0.499. The molecule has 0 N–H and O–H groups in total. The van der Waals surface area contributed by atoms with Crippen molar-refractivity contribution in [1.29, 1.82) is 0 Å². The smallest absolute Gasteiger partial charge is 0.261 e. The lowest BCUT2D eigenvalue weighted by Gasteiger charge is -2.31. The van der Waals surface area contributed by atoms with Gasteiger partial charge in [-0.25, -0.2) is 4.98 Å². The van der Waals surface area contributed by atoms with Crippen molar-refractivity contribution in [2.24, 2.45) is 0 Å². The van der Waals surface area contributed by atoms with Gasteiger partial charge < -0.3 is 4.90 Å². The maximum absolute atomic E-state index is 12.7. The Morgan fingerprint density at radius 1 is 1.06 bits per heavy atom. The number of likely N-dealkylation sites (tertiary alicyclic amines) is 1. The van der Waals surface area contributed by atoms with Crippen LogP contribution in [0.5, 0.6) is 0 Å². The molecule has 0 radical (unpaired) electrons. The van der Waals surface area contributed by atoms with Crippen molar-refractivity contribution in [3.05, 3.63) is 63.1 Å². The van der Waals surface area contributed by atoms with E-state index in [1.54, 1.807) is 29.5 Å². The number of fused-ring (bicyclic) bond motifs is 2. The molecule has 2 aliphatic rings. The predicted octanol–water partition coefficient (Wildman–Crippen LogP) is 4.45. The SMILES string of the molecule is O=C(CCN1C(=O)c2ccc(Br)cc2C1=O)N1CCC(c2nc3ccccc3s2)CC1. The highest BCUT2D eigenvalue weighted by atomic mass is 79.9. The summed E-state index contributed by atoms with van der Waals surface area (Å²) in [5, 5.41) is 1.14. The molecule has 0 unspecified atom stereocenters. The molecule has 3 heterocycles. The van der Waals surface area contributed by atoms with Gasteiger partial charge in [0.15, 0.2) is 0 Å². The number of rotatable bonds is 4. The van der Waals surface area contributed by atoms with E-state index in [9.17, 15) is 14.4 Å². The number of carbonyl (C=O) groups excluding carboxylic acids is 3. The van der Waals surface area contributed by atoms with Crippen LogP contribution in [0.3, 0.4) is 0 Å². The second-order valence-corrected chi connectivity index (χ2v) is 9.85. The molecule has 0 bridgehead atoms. The van der Waals surface area contributed by atoms with E-state index in [4.69, 9.17) is 4.98 Å². The Hall–Kier alpha value is -2.58. The zero-order chi connectivity index (χ0) is 21.5. The normalized spacial score (nSPS) is 16.9. The van der Waals surface area contributed by atoms with Gasteiger partial charge in [-0.1, -0.05) is 28.1 Å². The van der Waals surface area contributed by atoms with Gasteiger partial charge in [-0.2, -0.15) is 0 Å². The molecule has 0 spiro atoms. The van der Waals surface area contributed by atoms with Crippen LogP contribution in [0.15, 0.2) is 46.9 Å². The molecule has 8 heteroatoms. The molecular formula is C23H20BrN3O3S. The second kappa shape index (κ2) is 8.16. The maximum Gasteiger partial charge on any atom is 0.261 e. The van der Waals surface area contributed by atoms with Gasteiger partial charge in [0, 0.05) is 36.4 Å². The topological polar surface area (TPSA) is 70.6 Å². The molecule has 0 saturated carbocycles. The van der Waals surface area contributed by atoms with Gasteiger partial charge in [-0.15, -0.1) is 11.3 Å². The fourth-order valence-electron chi connectivity index (χ4n) is 4.27. The van der Waals surface area contributed by atoms with Gasteiger partial charge in [0.05, 0.1) is 26.4 Å². The first kappa shape index (κ1) is 20.3. The number of aromatic nitrogens is 1. The van der Waals surface area contributed by atoms with Crippen LogP contribution >= 0.6 is 27.3 Å². The Labute approximate surface area is 192 Å². The second-order valence-electron chi connectivity index (χ2n) is 7.88. The van der Waals surface area contributed by atoms with Crippen molar-refractivity contribution < 1.29 is 14.4 Å². The third-order valence-corrected chi connectivity index (χ3v) is 7.68. The largest absolute Gasteiger partial charge is 0.343 e. The van der Waals surface area contributed by atoms with Crippen LogP contribution in [0.4, 0.5) is 0 Å². The zero-order valence-electron chi connectivity index (χ0n) is 16.7. The van der Waals surface area contributed by atoms with Crippen molar-refractivity contribution >= 4 is 55.2 Å². The average molecular weight is 498 g/mol. The summed E-state index contributed by atoms with van der Waals surface area (Å²) in [5.41, 5.74) is 1.83. The average Bonchev–Trinajstić information content (AvgIpc) is 3.32. The summed E-state index contributed by atoms with van der Waals surface area (Å²) in [6.07, 6.45) is 1.91.